The summed E-state index contributed by atoms with van der Waals surface area (Å²) in [5, 5.41) is 0. The first-order valence-electron chi connectivity index (χ1n) is 9.37. The van der Waals surface area contributed by atoms with Crippen molar-refractivity contribution in [1.82, 2.24) is 9.88 Å². The van der Waals surface area contributed by atoms with Crippen LogP contribution in [0.15, 0.2) is 34.9 Å². The van der Waals surface area contributed by atoms with Crippen LogP contribution in [0.25, 0.3) is 0 Å². The second-order valence-electron chi connectivity index (χ2n) is 7.14. The van der Waals surface area contributed by atoms with Crippen molar-refractivity contribution in [2.75, 3.05) is 39.5 Å². The summed E-state index contributed by atoms with van der Waals surface area (Å²) in [5.74, 6) is 1.89. The van der Waals surface area contributed by atoms with Crippen molar-refractivity contribution in [2.24, 2.45) is 5.92 Å². The lowest BCUT2D eigenvalue weighted by atomic mass is 9.99. The second-order valence-corrected chi connectivity index (χ2v) is 7.14. The summed E-state index contributed by atoms with van der Waals surface area (Å²) < 4.78 is 30.3. The number of nitrogens with zero attached hydrogens (tertiary/aromatic N) is 2. The molecule has 2 saturated heterocycles. The molecule has 2 aliphatic rings. The summed E-state index contributed by atoms with van der Waals surface area (Å²) in [4.78, 5) is 6.87. The standard InChI is InChI=1S/C20H25FN2O3/c21-17-3-1-15(2-4-17)11-18-12-22-20(26-18)19-14-23(7-10-25-19)13-16-5-8-24-9-6-16/h1-4,12,16,19H,5-11,13-14H2/t19-/m1/s1. The van der Waals surface area contributed by atoms with Crippen LogP contribution in [0.3, 0.4) is 0 Å². The topological polar surface area (TPSA) is 47.7 Å². The van der Waals surface area contributed by atoms with Crippen molar-refractivity contribution < 1.29 is 18.3 Å². The third-order valence-electron chi connectivity index (χ3n) is 5.15. The number of rotatable bonds is 5. The predicted molar refractivity (Wildman–Crippen MR) is 94.4 cm³/mol. The average Bonchev–Trinajstić information content (AvgIpc) is 3.13. The van der Waals surface area contributed by atoms with Gasteiger partial charge in [-0.1, -0.05) is 12.1 Å². The van der Waals surface area contributed by atoms with Crippen LogP contribution < -0.4 is 0 Å². The lowest BCUT2D eigenvalue weighted by molar-refractivity contribution is -0.0523. The van der Waals surface area contributed by atoms with Crippen LogP contribution in [-0.4, -0.2) is 49.3 Å². The minimum Gasteiger partial charge on any atom is -0.442 e. The third kappa shape index (κ3) is 4.50. The molecule has 140 valence electrons. The van der Waals surface area contributed by atoms with Crippen LogP contribution in [-0.2, 0) is 15.9 Å². The van der Waals surface area contributed by atoms with Crippen LogP contribution in [0.2, 0.25) is 0 Å². The normalized spacial score (nSPS) is 22.6. The van der Waals surface area contributed by atoms with Gasteiger partial charge in [-0.2, -0.15) is 0 Å². The molecule has 2 aromatic rings. The molecule has 5 nitrogen and oxygen atoms in total. The number of morpholine rings is 1. The highest BCUT2D eigenvalue weighted by molar-refractivity contribution is 5.20. The zero-order chi connectivity index (χ0) is 17.8. The van der Waals surface area contributed by atoms with Crippen molar-refractivity contribution >= 4 is 0 Å². The Morgan fingerprint density at radius 3 is 2.73 bits per heavy atom. The van der Waals surface area contributed by atoms with Gasteiger partial charge in [-0.15, -0.1) is 0 Å². The summed E-state index contributed by atoms with van der Waals surface area (Å²) in [5.41, 5.74) is 1.000. The molecule has 1 atom stereocenters. The molecule has 2 aliphatic heterocycles. The molecule has 1 aromatic carbocycles. The SMILES string of the molecule is Fc1ccc(Cc2cnc([C@H]3CN(CC4CCOCC4)CCO3)o2)cc1. The molecule has 3 heterocycles. The predicted octanol–water partition coefficient (Wildman–Crippen LogP) is 3.20. The fourth-order valence-corrected chi connectivity index (χ4v) is 3.67. The van der Waals surface area contributed by atoms with Crippen molar-refractivity contribution in [3.05, 3.63) is 53.5 Å². The van der Waals surface area contributed by atoms with E-state index in [1.807, 2.05) is 0 Å². The summed E-state index contributed by atoms with van der Waals surface area (Å²) >= 11 is 0. The number of aromatic nitrogens is 1. The minimum absolute atomic E-state index is 0.120. The molecule has 0 saturated carbocycles. The zero-order valence-electron chi connectivity index (χ0n) is 14.9. The van der Waals surface area contributed by atoms with Crippen LogP contribution in [0, 0.1) is 11.7 Å². The Hall–Kier alpha value is -1.76. The van der Waals surface area contributed by atoms with E-state index in [0.717, 1.165) is 57.0 Å². The number of benzene rings is 1. The molecule has 1 aromatic heterocycles. The highest BCUT2D eigenvalue weighted by Crippen LogP contribution is 2.25. The van der Waals surface area contributed by atoms with E-state index in [1.54, 1.807) is 18.3 Å². The van der Waals surface area contributed by atoms with Crippen LogP contribution in [0.4, 0.5) is 4.39 Å². The van der Waals surface area contributed by atoms with Gasteiger partial charge in [0.15, 0.2) is 0 Å². The Kier molecular flexibility index (Phi) is 5.62. The zero-order valence-corrected chi connectivity index (χ0v) is 14.9. The Labute approximate surface area is 153 Å². The Morgan fingerprint density at radius 1 is 1.12 bits per heavy atom. The maximum atomic E-state index is 13.0. The lowest BCUT2D eigenvalue weighted by Gasteiger charge is -2.34. The Balaban J connectivity index is 1.34. The van der Waals surface area contributed by atoms with Gasteiger partial charge in [0.2, 0.25) is 5.89 Å². The Bertz CT molecular complexity index is 697. The molecule has 2 fully saturated rings. The second kappa shape index (κ2) is 8.29. The highest BCUT2D eigenvalue weighted by Gasteiger charge is 2.28. The van der Waals surface area contributed by atoms with E-state index in [9.17, 15) is 4.39 Å². The molecule has 0 N–H and O–H groups in total. The van der Waals surface area contributed by atoms with Gasteiger partial charge in [0.25, 0.3) is 0 Å². The molecule has 0 aliphatic carbocycles. The fourth-order valence-electron chi connectivity index (χ4n) is 3.67. The van der Waals surface area contributed by atoms with E-state index < -0.39 is 0 Å². The van der Waals surface area contributed by atoms with E-state index in [2.05, 4.69) is 9.88 Å². The summed E-state index contributed by atoms with van der Waals surface area (Å²) in [6.07, 6.45) is 4.52. The molecule has 6 heteroatoms. The van der Waals surface area contributed by atoms with Crippen molar-refractivity contribution in [3.8, 4) is 0 Å². The first-order valence-corrected chi connectivity index (χ1v) is 9.37. The molecule has 0 spiro atoms. The molecule has 4 rings (SSSR count). The maximum absolute atomic E-state index is 13.0. The average molecular weight is 360 g/mol. The number of hydrogen-bond donors (Lipinski definition) is 0. The highest BCUT2D eigenvalue weighted by atomic mass is 19.1. The van der Waals surface area contributed by atoms with Crippen molar-refractivity contribution in [2.45, 2.75) is 25.4 Å². The smallest absolute Gasteiger partial charge is 0.224 e. The van der Waals surface area contributed by atoms with Gasteiger partial charge in [-0.05, 0) is 36.5 Å². The van der Waals surface area contributed by atoms with Gasteiger partial charge in [0.1, 0.15) is 17.7 Å². The first-order chi connectivity index (χ1) is 12.8. The summed E-state index contributed by atoms with van der Waals surface area (Å²) in [6, 6.07) is 6.46. The monoisotopic (exact) mass is 360 g/mol. The van der Waals surface area contributed by atoms with Crippen molar-refractivity contribution in [3.63, 3.8) is 0 Å². The summed E-state index contributed by atoms with van der Waals surface area (Å²) in [6.45, 7) is 5.32. The van der Waals surface area contributed by atoms with Crippen LogP contribution >= 0.6 is 0 Å². The fraction of sp³-hybridized carbons (Fsp3) is 0.550. The first kappa shape index (κ1) is 17.6. The molecule has 0 amide bonds. The molecule has 0 radical (unpaired) electrons. The number of ether oxygens (including phenoxy) is 2. The minimum atomic E-state index is -0.229. The van der Waals surface area contributed by atoms with Gasteiger partial charge in [-0.3, -0.25) is 4.90 Å². The van der Waals surface area contributed by atoms with E-state index in [4.69, 9.17) is 13.9 Å². The van der Waals surface area contributed by atoms with E-state index in [1.165, 1.54) is 12.1 Å². The van der Waals surface area contributed by atoms with Gasteiger partial charge < -0.3 is 13.9 Å². The van der Waals surface area contributed by atoms with Gasteiger partial charge in [-0.25, -0.2) is 9.37 Å². The quantitative estimate of drug-likeness (QED) is 0.819. The number of oxazole rings is 1. The largest absolute Gasteiger partial charge is 0.442 e. The number of halogens is 1. The Morgan fingerprint density at radius 2 is 1.92 bits per heavy atom. The van der Waals surface area contributed by atoms with E-state index >= 15 is 0 Å². The molecule has 26 heavy (non-hydrogen) atoms. The lowest BCUT2D eigenvalue weighted by Crippen LogP contribution is -2.42. The van der Waals surface area contributed by atoms with E-state index in [0.29, 0.717) is 24.8 Å². The van der Waals surface area contributed by atoms with Gasteiger partial charge >= 0.3 is 0 Å². The van der Waals surface area contributed by atoms with Crippen LogP contribution in [0.1, 0.15) is 36.2 Å². The molecule has 0 bridgehead atoms. The third-order valence-corrected chi connectivity index (χ3v) is 5.15. The summed E-state index contributed by atoms with van der Waals surface area (Å²) in [7, 11) is 0. The molecule has 0 unspecified atom stereocenters. The van der Waals surface area contributed by atoms with E-state index in [-0.39, 0.29) is 11.9 Å². The molecular formula is C20H25FN2O3. The van der Waals surface area contributed by atoms with Crippen LogP contribution in [0.5, 0.6) is 0 Å². The molecular weight excluding hydrogens is 335 g/mol. The van der Waals surface area contributed by atoms with Gasteiger partial charge in [0, 0.05) is 39.3 Å². The number of hydrogen-bond acceptors (Lipinski definition) is 5. The van der Waals surface area contributed by atoms with Crippen molar-refractivity contribution in [1.29, 1.82) is 0 Å². The van der Waals surface area contributed by atoms with Gasteiger partial charge in [0.05, 0.1) is 12.8 Å². The maximum Gasteiger partial charge on any atom is 0.224 e.